The summed E-state index contributed by atoms with van der Waals surface area (Å²) in [7, 11) is 1.55. The Bertz CT molecular complexity index is 802. The summed E-state index contributed by atoms with van der Waals surface area (Å²) in [5.41, 5.74) is 0.522. The number of aromatic nitrogens is 2. The number of carbonyl (C=O) groups is 1. The van der Waals surface area contributed by atoms with Crippen LogP contribution in [0.25, 0.3) is 0 Å². The number of likely N-dealkylation sites (tertiary alicyclic amines) is 1. The maximum absolute atomic E-state index is 13.0. The van der Waals surface area contributed by atoms with Gasteiger partial charge in [-0.1, -0.05) is 5.16 Å². The third-order valence-electron chi connectivity index (χ3n) is 4.68. The average molecular weight is 359 g/mol. The number of aryl methyl sites for hydroxylation is 1. The van der Waals surface area contributed by atoms with Crippen LogP contribution >= 0.6 is 0 Å². The zero-order valence-electron chi connectivity index (χ0n) is 14.9. The summed E-state index contributed by atoms with van der Waals surface area (Å²) in [4.78, 5) is 19.2. The Morgan fingerprint density at radius 3 is 2.92 bits per heavy atom. The van der Waals surface area contributed by atoms with Gasteiger partial charge in [-0.2, -0.15) is 4.98 Å². The van der Waals surface area contributed by atoms with Gasteiger partial charge in [0.1, 0.15) is 13.2 Å². The normalized spacial score (nSPS) is 19.3. The van der Waals surface area contributed by atoms with Crippen LogP contribution in [0, 0.1) is 6.92 Å². The van der Waals surface area contributed by atoms with Crippen molar-refractivity contribution in [3.05, 3.63) is 29.4 Å². The van der Waals surface area contributed by atoms with Gasteiger partial charge in [-0.3, -0.25) is 4.79 Å². The van der Waals surface area contributed by atoms with Crippen LogP contribution in [0.2, 0.25) is 0 Å². The first kappa shape index (κ1) is 16.7. The van der Waals surface area contributed by atoms with E-state index in [4.69, 9.17) is 18.7 Å². The van der Waals surface area contributed by atoms with E-state index in [9.17, 15) is 4.79 Å². The van der Waals surface area contributed by atoms with Crippen LogP contribution in [0.15, 0.2) is 16.7 Å². The summed E-state index contributed by atoms with van der Waals surface area (Å²) in [6, 6.07) is 3.43. The van der Waals surface area contributed by atoms with Crippen molar-refractivity contribution >= 4 is 5.91 Å². The minimum absolute atomic E-state index is 0.0630. The van der Waals surface area contributed by atoms with Crippen LogP contribution in [0.3, 0.4) is 0 Å². The molecule has 2 aliphatic heterocycles. The molecule has 26 heavy (non-hydrogen) atoms. The summed E-state index contributed by atoms with van der Waals surface area (Å²) >= 11 is 0. The van der Waals surface area contributed by atoms with E-state index < -0.39 is 0 Å². The Kier molecular flexibility index (Phi) is 4.40. The van der Waals surface area contributed by atoms with Crippen LogP contribution in [0.4, 0.5) is 0 Å². The smallest absolute Gasteiger partial charge is 0.254 e. The van der Waals surface area contributed by atoms with Gasteiger partial charge in [0.2, 0.25) is 11.6 Å². The van der Waals surface area contributed by atoms with Crippen molar-refractivity contribution in [2.45, 2.75) is 25.7 Å². The zero-order valence-corrected chi connectivity index (χ0v) is 14.9. The predicted octanol–water partition coefficient (Wildman–Crippen LogP) is 2.18. The van der Waals surface area contributed by atoms with Gasteiger partial charge in [0, 0.05) is 18.7 Å². The van der Waals surface area contributed by atoms with Crippen LogP contribution in [-0.2, 0) is 0 Å². The molecule has 0 N–H and O–H groups in total. The number of hydrogen-bond donors (Lipinski definition) is 0. The molecule has 2 aliphatic rings. The molecule has 0 spiro atoms. The second-order valence-corrected chi connectivity index (χ2v) is 6.47. The van der Waals surface area contributed by atoms with E-state index in [2.05, 4.69) is 10.1 Å². The number of methoxy groups -OCH3 is 1. The number of nitrogens with zero attached hydrogens (tertiary/aromatic N) is 3. The Hall–Kier alpha value is -2.77. The first-order valence-corrected chi connectivity index (χ1v) is 8.73. The second-order valence-electron chi connectivity index (χ2n) is 6.47. The molecule has 1 saturated heterocycles. The molecule has 0 saturated carbocycles. The van der Waals surface area contributed by atoms with Gasteiger partial charge < -0.3 is 23.6 Å². The molecule has 2 aromatic rings. The highest BCUT2D eigenvalue weighted by atomic mass is 16.6. The number of ether oxygens (including phenoxy) is 3. The minimum atomic E-state index is -0.0683. The van der Waals surface area contributed by atoms with Gasteiger partial charge in [-0.15, -0.1) is 0 Å². The van der Waals surface area contributed by atoms with Crippen molar-refractivity contribution in [3.8, 4) is 17.2 Å². The fraction of sp³-hybridized carbons (Fsp3) is 0.500. The number of benzene rings is 1. The molecule has 8 heteroatoms. The summed E-state index contributed by atoms with van der Waals surface area (Å²) in [5, 5.41) is 3.85. The summed E-state index contributed by atoms with van der Waals surface area (Å²) in [5.74, 6) is 2.80. The molecule has 1 amide bonds. The topological polar surface area (TPSA) is 86.9 Å². The monoisotopic (exact) mass is 359 g/mol. The zero-order chi connectivity index (χ0) is 18.1. The Morgan fingerprint density at radius 2 is 2.15 bits per heavy atom. The Labute approximate surface area is 151 Å². The van der Waals surface area contributed by atoms with Crippen LogP contribution in [0.5, 0.6) is 17.2 Å². The van der Waals surface area contributed by atoms with Crippen molar-refractivity contribution in [3.63, 3.8) is 0 Å². The maximum atomic E-state index is 13.0. The van der Waals surface area contributed by atoms with E-state index in [0.717, 1.165) is 12.8 Å². The standard InChI is InChI=1S/C18H21N3O5/c1-11-19-17(26-20-11)12-4-3-5-21(10-12)18(22)13-8-14(23-2)16-15(9-13)24-6-7-25-16/h8-9,12H,3-7,10H2,1-2H3. The van der Waals surface area contributed by atoms with Crippen molar-refractivity contribution < 1.29 is 23.5 Å². The van der Waals surface area contributed by atoms with Crippen molar-refractivity contribution in [2.75, 3.05) is 33.4 Å². The highest BCUT2D eigenvalue weighted by Gasteiger charge is 2.30. The van der Waals surface area contributed by atoms with Crippen molar-refractivity contribution in [1.82, 2.24) is 15.0 Å². The molecule has 1 atom stereocenters. The third kappa shape index (κ3) is 3.07. The lowest BCUT2D eigenvalue weighted by atomic mass is 9.97. The SMILES string of the molecule is COc1cc(C(=O)N2CCCC(c3nc(C)no3)C2)cc2c1OCCO2. The molecule has 0 aliphatic carbocycles. The first-order chi connectivity index (χ1) is 12.7. The lowest BCUT2D eigenvalue weighted by Crippen LogP contribution is -2.39. The molecule has 4 rings (SSSR count). The van der Waals surface area contributed by atoms with Crippen molar-refractivity contribution in [2.24, 2.45) is 0 Å². The van der Waals surface area contributed by atoms with Crippen molar-refractivity contribution in [1.29, 1.82) is 0 Å². The number of fused-ring (bicyclic) bond motifs is 1. The molecule has 138 valence electrons. The number of piperidine rings is 1. The summed E-state index contributed by atoms with van der Waals surface area (Å²) < 4.78 is 21.9. The third-order valence-corrected chi connectivity index (χ3v) is 4.68. The van der Waals surface area contributed by atoms with Gasteiger partial charge in [-0.25, -0.2) is 0 Å². The summed E-state index contributed by atoms with van der Waals surface area (Å²) in [6.45, 7) is 3.96. The molecular formula is C18H21N3O5. The predicted molar refractivity (Wildman–Crippen MR) is 90.9 cm³/mol. The molecule has 3 heterocycles. The second kappa shape index (κ2) is 6.86. The Morgan fingerprint density at radius 1 is 1.31 bits per heavy atom. The number of rotatable bonds is 3. The lowest BCUT2D eigenvalue weighted by molar-refractivity contribution is 0.0694. The van der Waals surface area contributed by atoms with E-state index >= 15 is 0 Å². The van der Waals surface area contributed by atoms with E-state index in [-0.39, 0.29) is 11.8 Å². The number of amides is 1. The first-order valence-electron chi connectivity index (χ1n) is 8.73. The Balaban J connectivity index is 1.57. The molecule has 0 radical (unpaired) electrons. The van der Waals surface area contributed by atoms with Gasteiger partial charge in [0.15, 0.2) is 17.3 Å². The maximum Gasteiger partial charge on any atom is 0.254 e. The highest BCUT2D eigenvalue weighted by Crippen LogP contribution is 2.41. The van der Waals surface area contributed by atoms with Crippen LogP contribution < -0.4 is 14.2 Å². The van der Waals surface area contributed by atoms with E-state index in [1.54, 1.807) is 26.2 Å². The van der Waals surface area contributed by atoms with Crippen LogP contribution in [0.1, 0.15) is 40.8 Å². The molecule has 1 aromatic carbocycles. The van der Waals surface area contributed by atoms with Gasteiger partial charge in [0.05, 0.1) is 13.0 Å². The lowest BCUT2D eigenvalue weighted by Gasteiger charge is -2.31. The van der Waals surface area contributed by atoms with Gasteiger partial charge in [-0.05, 0) is 31.9 Å². The largest absolute Gasteiger partial charge is 0.493 e. The fourth-order valence-corrected chi connectivity index (χ4v) is 3.42. The molecule has 1 unspecified atom stereocenters. The quantitative estimate of drug-likeness (QED) is 0.830. The average Bonchev–Trinajstić information content (AvgIpc) is 3.13. The molecule has 1 aromatic heterocycles. The van der Waals surface area contributed by atoms with Gasteiger partial charge in [0.25, 0.3) is 5.91 Å². The minimum Gasteiger partial charge on any atom is -0.493 e. The van der Waals surface area contributed by atoms with Gasteiger partial charge >= 0.3 is 0 Å². The number of hydrogen-bond acceptors (Lipinski definition) is 7. The van der Waals surface area contributed by atoms with Crippen LogP contribution in [-0.4, -0.2) is 54.4 Å². The molecule has 8 nitrogen and oxygen atoms in total. The van der Waals surface area contributed by atoms with E-state index in [1.807, 2.05) is 4.90 Å². The molecule has 1 fully saturated rings. The fourth-order valence-electron chi connectivity index (χ4n) is 3.42. The summed E-state index contributed by atoms with van der Waals surface area (Å²) in [6.07, 6.45) is 1.81. The van der Waals surface area contributed by atoms with E-state index in [1.165, 1.54) is 0 Å². The molecule has 0 bridgehead atoms. The number of carbonyl (C=O) groups excluding carboxylic acids is 1. The highest BCUT2D eigenvalue weighted by molar-refractivity contribution is 5.95. The van der Waals surface area contributed by atoms with E-state index in [0.29, 0.717) is 60.8 Å². The molecular weight excluding hydrogens is 338 g/mol.